The van der Waals surface area contributed by atoms with E-state index in [2.05, 4.69) is 5.32 Å². The SMILES string of the molecule is CCC(NC(=O)C(C)Oc1ccccc1Cl)c1ccc(OC)c(OC)c1. The van der Waals surface area contributed by atoms with Crippen molar-refractivity contribution >= 4 is 17.5 Å². The van der Waals surface area contributed by atoms with Crippen LogP contribution in [0.4, 0.5) is 0 Å². The van der Waals surface area contributed by atoms with Crippen LogP contribution in [0.25, 0.3) is 0 Å². The maximum atomic E-state index is 12.5. The lowest BCUT2D eigenvalue weighted by atomic mass is 10.0. The number of hydrogen-bond donors (Lipinski definition) is 1. The van der Waals surface area contributed by atoms with Gasteiger partial charge in [-0.25, -0.2) is 0 Å². The van der Waals surface area contributed by atoms with Crippen molar-refractivity contribution in [2.45, 2.75) is 32.4 Å². The first-order valence-electron chi connectivity index (χ1n) is 8.43. The summed E-state index contributed by atoms with van der Waals surface area (Å²) in [6.07, 6.45) is 0.0455. The minimum Gasteiger partial charge on any atom is -0.493 e. The van der Waals surface area contributed by atoms with Crippen LogP contribution in [-0.4, -0.2) is 26.2 Å². The van der Waals surface area contributed by atoms with Crippen LogP contribution in [0.15, 0.2) is 42.5 Å². The Labute approximate surface area is 159 Å². The van der Waals surface area contributed by atoms with Crippen molar-refractivity contribution < 1.29 is 19.0 Å². The molecule has 6 heteroatoms. The van der Waals surface area contributed by atoms with E-state index < -0.39 is 6.10 Å². The fourth-order valence-corrected chi connectivity index (χ4v) is 2.74. The van der Waals surface area contributed by atoms with Crippen LogP contribution in [0.2, 0.25) is 5.02 Å². The molecule has 0 saturated heterocycles. The molecule has 0 radical (unpaired) electrons. The quantitative estimate of drug-likeness (QED) is 0.741. The van der Waals surface area contributed by atoms with Gasteiger partial charge < -0.3 is 19.5 Å². The second-order valence-electron chi connectivity index (χ2n) is 5.77. The van der Waals surface area contributed by atoms with Gasteiger partial charge >= 0.3 is 0 Å². The number of nitrogens with one attached hydrogen (secondary N) is 1. The summed E-state index contributed by atoms with van der Waals surface area (Å²) in [6.45, 7) is 3.70. The Balaban J connectivity index is 2.09. The van der Waals surface area contributed by atoms with E-state index in [1.165, 1.54) is 0 Å². The number of carbonyl (C=O) groups excluding carboxylic acids is 1. The largest absolute Gasteiger partial charge is 0.493 e. The van der Waals surface area contributed by atoms with Gasteiger partial charge in [0.1, 0.15) is 5.75 Å². The third-order valence-corrected chi connectivity index (χ3v) is 4.36. The van der Waals surface area contributed by atoms with Crippen LogP contribution >= 0.6 is 11.6 Å². The molecule has 2 atom stereocenters. The minimum absolute atomic E-state index is 0.167. The van der Waals surface area contributed by atoms with Gasteiger partial charge in [0.15, 0.2) is 17.6 Å². The summed E-state index contributed by atoms with van der Waals surface area (Å²) < 4.78 is 16.3. The molecule has 0 aliphatic rings. The highest BCUT2D eigenvalue weighted by Crippen LogP contribution is 2.31. The van der Waals surface area contributed by atoms with E-state index in [1.54, 1.807) is 33.3 Å². The lowest BCUT2D eigenvalue weighted by Gasteiger charge is -2.22. The molecule has 2 rings (SSSR count). The number of hydrogen-bond acceptors (Lipinski definition) is 4. The Bertz CT molecular complexity index is 750. The maximum absolute atomic E-state index is 12.5. The average molecular weight is 378 g/mol. The molecule has 2 aromatic carbocycles. The summed E-state index contributed by atoms with van der Waals surface area (Å²) in [5.74, 6) is 1.54. The number of rotatable bonds is 8. The first kappa shape index (κ1) is 19.9. The fraction of sp³-hybridized carbons (Fsp3) is 0.350. The number of amides is 1. The normalized spacial score (nSPS) is 12.8. The van der Waals surface area contributed by atoms with Crippen molar-refractivity contribution in [3.05, 3.63) is 53.1 Å². The number of carbonyl (C=O) groups is 1. The van der Waals surface area contributed by atoms with Gasteiger partial charge in [0.25, 0.3) is 5.91 Å². The average Bonchev–Trinajstić information content (AvgIpc) is 2.67. The monoisotopic (exact) mass is 377 g/mol. The Kier molecular flexibility index (Phi) is 7.16. The van der Waals surface area contributed by atoms with E-state index in [0.717, 1.165) is 12.0 Å². The lowest BCUT2D eigenvalue weighted by molar-refractivity contribution is -0.128. The molecular weight excluding hydrogens is 354 g/mol. The Morgan fingerprint density at radius 1 is 1.08 bits per heavy atom. The van der Waals surface area contributed by atoms with Gasteiger partial charge in [0, 0.05) is 0 Å². The molecule has 0 spiro atoms. The van der Waals surface area contributed by atoms with E-state index in [4.69, 9.17) is 25.8 Å². The van der Waals surface area contributed by atoms with E-state index in [-0.39, 0.29) is 11.9 Å². The molecule has 5 nitrogen and oxygen atoms in total. The molecule has 0 heterocycles. The van der Waals surface area contributed by atoms with Gasteiger partial charge in [-0.05, 0) is 43.2 Å². The summed E-state index contributed by atoms with van der Waals surface area (Å²) in [4.78, 5) is 12.5. The third-order valence-electron chi connectivity index (χ3n) is 4.04. The van der Waals surface area contributed by atoms with Gasteiger partial charge in [-0.1, -0.05) is 36.7 Å². The van der Waals surface area contributed by atoms with E-state index in [9.17, 15) is 4.79 Å². The molecule has 0 fully saturated rings. The van der Waals surface area contributed by atoms with Gasteiger partial charge in [0.05, 0.1) is 25.3 Å². The predicted molar refractivity (Wildman–Crippen MR) is 102 cm³/mol. The molecule has 1 N–H and O–H groups in total. The molecule has 0 bridgehead atoms. The van der Waals surface area contributed by atoms with Gasteiger partial charge in [-0.3, -0.25) is 4.79 Å². The highest BCUT2D eigenvalue weighted by Gasteiger charge is 2.21. The topological polar surface area (TPSA) is 56.8 Å². The van der Waals surface area contributed by atoms with Gasteiger partial charge in [-0.2, -0.15) is 0 Å². The molecule has 1 amide bonds. The molecule has 2 aromatic rings. The van der Waals surface area contributed by atoms with Crippen LogP contribution in [0.3, 0.4) is 0 Å². The molecule has 0 aliphatic heterocycles. The zero-order valence-corrected chi connectivity index (χ0v) is 16.2. The fourth-order valence-electron chi connectivity index (χ4n) is 2.56. The number of methoxy groups -OCH3 is 2. The maximum Gasteiger partial charge on any atom is 0.261 e. The molecule has 26 heavy (non-hydrogen) atoms. The highest BCUT2D eigenvalue weighted by molar-refractivity contribution is 6.32. The van der Waals surface area contributed by atoms with Crippen LogP contribution < -0.4 is 19.5 Å². The number of ether oxygens (including phenoxy) is 3. The highest BCUT2D eigenvalue weighted by atomic mass is 35.5. The number of para-hydroxylation sites is 1. The number of halogens is 1. The van der Waals surface area contributed by atoms with Crippen molar-refractivity contribution in [1.29, 1.82) is 0 Å². The summed E-state index contributed by atoms with van der Waals surface area (Å²) in [6, 6.07) is 12.5. The Hall–Kier alpha value is -2.40. The van der Waals surface area contributed by atoms with Crippen molar-refractivity contribution in [3.8, 4) is 17.2 Å². The molecule has 0 saturated carbocycles. The summed E-state index contributed by atoms with van der Waals surface area (Å²) in [5.41, 5.74) is 0.934. The van der Waals surface area contributed by atoms with Crippen LogP contribution in [-0.2, 0) is 4.79 Å². The number of benzene rings is 2. The lowest BCUT2D eigenvalue weighted by Crippen LogP contribution is -2.38. The Morgan fingerprint density at radius 2 is 1.77 bits per heavy atom. The van der Waals surface area contributed by atoms with Crippen molar-refractivity contribution in [3.63, 3.8) is 0 Å². The second-order valence-corrected chi connectivity index (χ2v) is 6.18. The molecular formula is C20H24ClNO4. The zero-order chi connectivity index (χ0) is 19.1. The molecule has 2 unspecified atom stereocenters. The van der Waals surface area contributed by atoms with Crippen molar-refractivity contribution in [1.82, 2.24) is 5.32 Å². The first-order valence-corrected chi connectivity index (χ1v) is 8.81. The van der Waals surface area contributed by atoms with Crippen LogP contribution in [0, 0.1) is 0 Å². The van der Waals surface area contributed by atoms with Crippen molar-refractivity contribution in [2.24, 2.45) is 0 Å². The van der Waals surface area contributed by atoms with Crippen LogP contribution in [0.1, 0.15) is 31.9 Å². The van der Waals surface area contributed by atoms with Crippen LogP contribution in [0.5, 0.6) is 17.2 Å². The van der Waals surface area contributed by atoms with E-state index >= 15 is 0 Å². The summed E-state index contributed by atoms with van der Waals surface area (Å²) in [5, 5.41) is 3.48. The summed E-state index contributed by atoms with van der Waals surface area (Å²) in [7, 11) is 3.17. The first-order chi connectivity index (χ1) is 12.5. The van der Waals surface area contributed by atoms with E-state index in [0.29, 0.717) is 22.3 Å². The predicted octanol–water partition coefficient (Wildman–Crippen LogP) is 4.39. The van der Waals surface area contributed by atoms with E-state index in [1.807, 2.05) is 37.3 Å². The molecule has 0 aromatic heterocycles. The van der Waals surface area contributed by atoms with Crippen molar-refractivity contribution in [2.75, 3.05) is 14.2 Å². The minimum atomic E-state index is -0.677. The Morgan fingerprint density at radius 3 is 2.38 bits per heavy atom. The smallest absolute Gasteiger partial charge is 0.261 e. The third kappa shape index (κ3) is 4.82. The van der Waals surface area contributed by atoms with Gasteiger partial charge in [-0.15, -0.1) is 0 Å². The zero-order valence-electron chi connectivity index (χ0n) is 15.4. The molecule has 0 aliphatic carbocycles. The second kappa shape index (κ2) is 9.34. The summed E-state index contributed by atoms with van der Waals surface area (Å²) >= 11 is 6.08. The standard InChI is InChI=1S/C20H24ClNO4/c1-5-16(14-10-11-18(24-3)19(12-14)25-4)22-20(23)13(2)26-17-9-7-6-8-15(17)21/h6-13,16H,5H2,1-4H3,(H,22,23). The van der Waals surface area contributed by atoms with Gasteiger partial charge in [0.2, 0.25) is 0 Å². The molecule has 140 valence electrons.